The molecule has 9 heteroatoms. The zero-order chi connectivity index (χ0) is 14.0. The third-order valence-corrected chi connectivity index (χ3v) is 3.34. The second-order valence-electron chi connectivity index (χ2n) is 3.37. The van der Waals surface area contributed by atoms with Gasteiger partial charge in [-0.05, 0) is 34.1 Å². The molecule has 0 saturated heterocycles. The van der Waals surface area contributed by atoms with Crippen molar-refractivity contribution in [2.24, 2.45) is 0 Å². The molecule has 98 valence electrons. The number of aromatic nitrogens is 2. The minimum Gasteiger partial charge on any atom is -0.333 e. The lowest BCUT2D eigenvalue weighted by Crippen LogP contribution is -2.02. The minimum atomic E-state index is -0.650. The van der Waals surface area contributed by atoms with Gasteiger partial charge in [-0.1, -0.05) is 23.2 Å². The van der Waals surface area contributed by atoms with E-state index in [1.165, 1.54) is 0 Å². The van der Waals surface area contributed by atoms with Gasteiger partial charge in [-0.2, -0.15) is 0 Å². The standard InChI is InChI=1S/C10H5BrCl2N4O2/c11-6-2-1-5(12)3-7(6)16-10-8(17(18)19)9(13)14-4-15-10/h1-4H,(H,14,15,16). The summed E-state index contributed by atoms with van der Waals surface area (Å²) in [5.74, 6) is -0.00651. The predicted octanol–water partition coefficient (Wildman–Crippen LogP) is 4.20. The lowest BCUT2D eigenvalue weighted by Gasteiger charge is -2.08. The molecule has 1 heterocycles. The molecular weight excluding hydrogens is 359 g/mol. The SMILES string of the molecule is O=[N+]([O-])c1c(Cl)ncnc1Nc1cc(Cl)ccc1Br. The van der Waals surface area contributed by atoms with Crippen LogP contribution in [0, 0.1) is 10.1 Å². The number of hydrogen-bond donors (Lipinski definition) is 1. The van der Waals surface area contributed by atoms with Gasteiger partial charge in [-0.3, -0.25) is 10.1 Å². The molecule has 19 heavy (non-hydrogen) atoms. The van der Waals surface area contributed by atoms with Crippen LogP contribution in [0.2, 0.25) is 10.2 Å². The van der Waals surface area contributed by atoms with Crippen molar-refractivity contribution in [3.05, 3.63) is 49.3 Å². The van der Waals surface area contributed by atoms with E-state index in [0.717, 1.165) is 6.33 Å². The van der Waals surface area contributed by atoms with E-state index >= 15 is 0 Å². The van der Waals surface area contributed by atoms with Gasteiger partial charge in [-0.15, -0.1) is 0 Å². The number of nitrogens with one attached hydrogen (secondary N) is 1. The van der Waals surface area contributed by atoms with Crippen LogP contribution in [0.15, 0.2) is 29.0 Å². The molecule has 1 aromatic carbocycles. The Hall–Kier alpha value is -1.44. The molecule has 0 saturated carbocycles. The minimum absolute atomic E-state index is 0.00651. The van der Waals surface area contributed by atoms with Crippen LogP contribution in [0.4, 0.5) is 17.2 Å². The third-order valence-electron chi connectivity index (χ3n) is 2.14. The van der Waals surface area contributed by atoms with Gasteiger partial charge < -0.3 is 5.32 Å². The summed E-state index contributed by atoms with van der Waals surface area (Å²) >= 11 is 14.9. The molecule has 0 aliphatic heterocycles. The molecule has 0 unspecified atom stereocenters. The zero-order valence-electron chi connectivity index (χ0n) is 9.10. The van der Waals surface area contributed by atoms with E-state index in [2.05, 4.69) is 31.2 Å². The highest BCUT2D eigenvalue weighted by molar-refractivity contribution is 9.10. The summed E-state index contributed by atoms with van der Waals surface area (Å²) in [4.78, 5) is 17.7. The van der Waals surface area contributed by atoms with E-state index in [9.17, 15) is 10.1 Å². The molecule has 2 rings (SSSR count). The first-order valence-corrected chi connectivity index (χ1v) is 6.41. The molecule has 0 bridgehead atoms. The second-order valence-corrected chi connectivity index (χ2v) is 5.02. The lowest BCUT2D eigenvalue weighted by molar-refractivity contribution is -0.384. The van der Waals surface area contributed by atoms with E-state index in [-0.39, 0.29) is 11.0 Å². The first-order valence-electron chi connectivity index (χ1n) is 4.86. The first-order chi connectivity index (χ1) is 8.99. The number of nitrogens with zero attached hydrogens (tertiary/aromatic N) is 3. The summed E-state index contributed by atoms with van der Waals surface area (Å²) < 4.78 is 0.681. The van der Waals surface area contributed by atoms with Crippen molar-refractivity contribution in [2.45, 2.75) is 0 Å². The second kappa shape index (κ2) is 5.68. The highest BCUT2D eigenvalue weighted by Crippen LogP contribution is 2.34. The average molecular weight is 364 g/mol. The van der Waals surface area contributed by atoms with Crippen LogP contribution in [0.3, 0.4) is 0 Å². The van der Waals surface area contributed by atoms with Crippen molar-refractivity contribution in [2.75, 3.05) is 5.32 Å². The third kappa shape index (κ3) is 3.12. The number of benzene rings is 1. The lowest BCUT2D eigenvalue weighted by atomic mass is 10.3. The van der Waals surface area contributed by atoms with Crippen LogP contribution in [0.1, 0.15) is 0 Å². The van der Waals surface area contributed by atoms with E-state index < -0.39 is 10.6 Å². The zero-order valence-corrected chi connectivity index (χ0v) is 12.2. The molecule has 0 radical (unpaired) electrons. The topological polar surface area (TPSA) is 81.0 Å². The Morgan fingerprint density at radius 2 is 2.05 bits per heavy atom. The Morgan fingerprint density at radius 3 is 2.74 bits per heavy atom. The Bertz CT molecular complexity index is 653. The number of halogens is 3. The van der Waals surface area contributed by atoms with Crippen molar-refractivity contribution < 1.29 is 4.92 Å². The van der Waals surface area contributed by atoms with Crippen LogP contribution >= 0.6 is 39.1 Å². The van der Waals surface area contributed by atoms with Gasteiger partial charge in [0, 0.05) is 9.50 Å². The van der Waals surface area contributed by atoms with Gasteiger partial charge in [0.25, 0.3) is 0 Å². The van der Waals surface area contributed by atoms with E-state index in [4.69, 9.17) is 23.2 Å². The fourth-order valence-electron chi connectivity index (χ4n) is 1.33. The van der Waals surface area contributed by atoms with Crippen molar-refractivity contribution in [3.8, 4) is 0 Å². The molecule has 0 fully saturated rings. The molecule has 0 aliphatic rings. The van der Waals surface area contributed by atoms with Crippen molar-refractivity contribution in [1.29, 1.82) is 0 Å². The fraction of sp³-hybridized carbons (Fsp3) is 0. The number of nitro groups is 1. The average Bonchev–Trinajstić information content (AvgIpc) is 2.33. The van der Waals surface area contributed by atoms with Gasteiger partial charge >= 0.3 is 5.69 Å². The smallest absolute Gasteiger partial charge is 0.333 e. The van der Waals surface area contributed by atoms with Crippen molar-refractivity contribution in [1.82, 2.24) is 9.97 Å². The molecule has 2 aromatic rings. The van der Waals surface area contributed by atoms with Gasteiger partial charge in [0.15, 0.2) is 0 Å². The van der Waals surface area contributed by atoms with E-state index in [1.54, 1.807) is 18.2 Å². The Kier molecular flexibility index (Phi) is 4.18. The quantitative estimate of drug-likeness (QED) is 0.502. The molecule has 0 aliphatic carbocycles. The van der Waals surface area contributed by atoms with Crippen molar-refractivity contribution >= 4 is 56.3 Å². The predicted molar refractivity (Wildman–Crippen MR) is 76.1 cm³/mol. The number of rotatable bonds is 3. The highest BCUT2D eigenvalue weighted by Gasteiger charge is 2.22. The van der Waals surface area contributed by atoms with Gasteiger partial charge in [0.2, 0.25) is 11.0 Å². The highest BCUT2D eigenvalue weighted by atomic mass is 79.9. The Morgan fingerprint density at radius 1 is 1.32 bits per heavy atom. The molecular formula is C10H5BrCl2N4O2. The van der Waals surface area contributed by atoms with Gasteiger partial charge in [0.1, 0.15) is 6.33 Å². The Balaban J connectivity index is 2.46. The van der Waals surface area contributed by atoms with Crippen LogP contribution in [-0.2, 0) is 0 Å². The summed E-state index contributed by atoms with van der Waals surface area (Å²) in [6.45, 7) is 0. The van der Waals surface area contributed by atoms with E-state index in [1.807, 2.05) is 0 Å². The van der Waals surface area contributed by atoms with Crippen LogP contribution in [0.25, 0.3) is 0 Å². The summed E-state index contributed by atoms with van der Waals surface area (Å²) in [6.07, 6.45) is 1.14. The molecule has 6 nitrogen and oxygen atoms in total. The van der Waals surface area contributed by atoms with Crippen LogP contribution in [0.5, 0.6) is 0 Å². The molecule has 1 aromatic heterocycles. The first kappa shape index (κ1) is 14.0. The maximum Gasteiger partial charge on any atom is 0.348 e. The summed E-state index contributed by atoms with van der Waals surface area (Å²) in [7, 11) is 0. The fourth-order valence-corrected chi connectivity index (χ4v) is 2.05. The Labute approximate surface area is 126 Å². The normalized spacial score (nSPS) is 10.3. The largest absolute Gasteiger partial charge is 0.348 e. The van der Waals surface area contributed by atoms with Crippen LogP contribution < -0.4 is 5.32 Å². The molecule has 0 amide bonds. The molecule has 0 spiro atoms. The van der Waals surface area contributed by atoms with Crippen LogP contribution in [-0.4, -0.2) is 14.9 Å². The number of anilines is 2. The van der Waals surface area contributed by atoms with Gasteiger partial charge in [-0.25, -0.2) is 9.97 Å². The van der Waals surface area contributed by atoms with Gasteiger partial charge in [0.05, 0.1) is 10.6 Å². The monoisotopic (exact) mass is 362 g/mol. The maximum atomic E-state index is 10.9. The summed E-state index contributed by atoms with van der Waals surface area (Å²) in [6, 6.07) is 4.99. The van der Waals surface area contributed by atoms with E-state index in [0.29, 0.717) is 15.2 Å². The number of hydrogen-bond acceptors (Lipinski definition) is 5. The summed E-state index contributed by atoms with van der Waals surface area (Å²) in [5.41, 5.74) is 0.140. The summed E-state index contributed by atoms with van der Waals surface area (Å²) in [5, 5.41) is 14.0. The maximum absolute atomic E-state index is 10.9. The molecule has 0 atom stereocenters. The van der Waals surface area contributed by atoms with Crippen molar-refractivity contribution in [3.63, 3.8) is 0 Å². The molecule has 1 N–H and O–H groups in total.